The van der Waals surface area contributed by atoms with Crippen LogP contribution in [-0.4, -0.2) is 42.5 Å². The van der Waals surface area contributed by atoms with E-state index in [1.54, 1.807) is 7.05 Å². The Morgan fingerprint density at radius 1 is 1.24 bits per heavy atom. The molecule has 1 saturated heterocycles. The molecule has 2 heterocycles. The number of hydrogen-bond donors (Lipinski definition) is 1. The van der Waals surface area contributed by atoms with E-state index in [1.807, 2.05) is 18.2 Å². The van der Waals surface area contributed by atoms with Gasteiger partial charge >= 0.3 is 6.18 Å². The Hall–Kier alpha value is -1.62. The highest BCUT2D eigenvalue weighted by atomic mass is 127. The normalized spacial score (nSPS) is 15.1. The fourth-order valence-electron chi connectivity index (χ4n) is 3.10. The highest BCUT2D eigenvalue weighted by Crippen LogP contribution is 2.30. The standard InChI is InChI=1S/C20H23F3N4S.HI/c1-24-19(25-10-7-18-26-17(14-28-18)20(21,22)23)27-11-8-16(9-12-27)13-15-5-3-2-4-6-15;/h2-6,13-14H,7-12H2,1H3,(H,24,25);1H. The van der Waals surface area contributed by atoms with Gasteiger partial charge in [-0.1, -0.05) is 42.0 Å². The Morgan fingerprint density at radius 2 is 1.93 bits per heavy atom. The molecule has 1 fully saturated rings. The maximum atomic E-state index is 12.6. The zero-order valence-electron chi connectivity index (χ0n) is 16.1. The number of aliphatic imine (C=N–C) groups is 1. The summed E-state index contributed by atoms with van der Waals surface area (Å²) < 4.78 is 37.8. The molecule has 2 aromatic rings. The number of benzene rings is 1. The van der Waals surface area contributed by atoms with Crippen LogP contribution in [0.3, 0.4) is 0 Å². The smallest absolute Gasteiger partial charge is 0.356 e. The van der Waals surface area contributed by atoms with E-state index in [1.165, 1.54) is 11.1 Å². The number of aromatic nitrogens is 1. The first-order valence-electron chi connectivity index (χ1n) is 9.17. The van der Waals surface area contributed by atoms with Gasteiger partial charge in [-0.2, -0.15) is 13.2 Å². The summed E-state index contributed by atoms with van der Waals surface area (Å²) in [6.45, 7) is 2.24. The van der Waals surface area contributed by atoms with Crippen LogP contribution in [0, 0.1) is 0 Å². The lowest BCUT2D eigenvalue weighted by Gasteiger charge is -2.31. The molecular weight excluding hydrogens is 512 g/mol. The van der Waals surface area contributed by atoms with Gasteiger partial charge in [-0.3, -0.25) is 4.99 Å². The van der Waals surface area contributed by atoms with E-state index in [2.05, 4.69) is 38.4 Å². The van der Waals surface area contributed by atoms with Crippen LogP contribution in [0.15, 0.2) is 46.3 Å². The molecule has 0 amide bonds. The topological polar surface area (TPSA) is 40.5 Å². The summed E-state index contributed by atoms with van der Waals surface area (Å²) in [5.74, 6) is 0.784. The number of hydrogen-bond acceptors (Lipinski definition) is 3. The van der Waals surface area contributed by atoms with E-state index in [-0.39, 0.29) is 24.0 Å². The van der Waals surface area contributed by atoms with E-state index >= 15 is 0 Å². The van der Waals surface area contributed by atoms with E-state index in [9.17, 15) is 13.2 Å². The number of nitrogens with zero attached hydrogens (tertiary/aromatic N) is 3. The van der Waals surface area contributed by atoms with Crippen molar-refractivity contribution in [3.8, 4) is 0 Å². The molecular formula is C20H24F3IN4S. The average Bonchev–Trinajstić information content (AvgIpc) is 3.16. The van der Waals surface area contributed by atoms with Crippen molar-refractivity contribution in [3.05, 3.63) is 57.6 Å². The molecule has 4 nitrogen and oxygen atoms in total. The maximum Gasteiger partial charge on any atom is 0.434 e. The third kappa shape index (κ3) is 6.98. The second-order valence-corrected chi connectivity index (χ2v) is 7.49. The van der Waals surface area contributed by atoms with Crippen molar-refractivity contribution in [1.29, 1.82) is 0 Å². The Morgan fingerprint density at radius 3 is 2.52 bits per heavy atom. The second kappa shape index (κ2) is 11.0. The van der Waals surface area contributed by atoms with Crippen LogP contribution >= 0.6 is 35.3 Å². The van der Waals surface area contributed by atoms with Crippen LogP contribution < -0.4 is 5.32 Å². The molecule has 1 aromatic heterocycles. The predicted molar refractivity (Wildman–Crippen MR) is 123 cm³/mol. The molecule has 0 unspecified atom stereocenters. The first-order chi connectivity index (χ1) is 13.5. The SMILES string of the molecule is CN=C(NCCc1nc(C(F)(F)F)cs1)N1CCC(=Cc2ccccc2)CC1.I. The third-order valence-electron chi connectivity index (χ3n) is 4.55. The van der Waals surface area contributed by atoms with E-state index < -0.39 is 11.9 Å². The second-order valence-electron chi connectivity index (χ2n) is 6.55. The Balaban J connectivity index is 0.00000300. The minimum absolute atomic E-state index is 0. The maximum absolute atomic E-state index is 12.6. The predicted octanol–water partition coefficient (Wildman–Crippen LogP) is 5.08. The van der Waals surface area contributed by atoms with Crippen LogP contribution in [0.5, 0.6) is 0 Å². The molecule has 1 N–H and O–H groups in total. The zero-order valence-corrected chi connectivity index (χ0v) is 19.2. The van der Waals surface area contributed by atoms with Crippen LogP contribution in [0.2, 0.25) is 0 Å². The van der Waals surface area contributed by atoms with E-state index in [0.717, 1.165) is 48.6 Å². The molecule has 0 radical (unpaired) electrons. The molecule has 0 bridgehead atoms. The van der Waals surface area contributed by atoms with Crippen LogP contribution in [0.1, 0.15) is 29.1 Å². The van der Waals surface area contributed by atoms with Gasteiger partial charge < -0.3 is 10.2 Å². The van der Waals surface area contributed by atoms with Crippen molar-refractivity contribution in [2.75, 3.05) is 26.7 Å². The van der Waals surface area contributed by atoms with Crippen LogP contribution in [0.25, 0.3) is 6.08 Å². The summed E-state index contributed by atoms with van der Waals surface area (Å²) in [5, 5.41) is 4.78. The van der Waals surface area contributed by atoms with Crippen molar-refractivity contribution in [3.63, 3.8) is 0 Å². The Kier molecular flexibility index (Phi) is 8.94. The van der Waals surface area contributed by atoms with Crippen molar-refractivity contribution >= 4 is 47.3 Å². The third-order valence-corrected chi connectivity index (χ3v) is 5.46. The zero-order chi connectivity index (χ0) is 20.0. The fraction of sp³-hybridized carbons (Fsp3) is 0.400. The Labute approximate surface area is 190 Å². The van der Waals surface area contributed by atoms with Gasteiger partial charge in [0.15, 0.2) is 11.7 Å². The molecule has 0 atom stereocenters. The number of nitrogens with one attached hydrogen (secondary N) is 1. The van der Waals surface area contributed by atoms with E-state index in [0.29, 0.717) is 18.0 Å². The lowest BCUT2D eigenvalue weighted by Crippen LogP contribution is -2.45. The summed E-state index contributed by atoms with van der Waals surface area (Å²) in [7, 11) is 1.73. The highest BCUT2D eigenvalue weighted by Gasteiger charge is 2.33. The monoisotopic (exact) mass is 536 g/mol. The van der Waals surface area contributed by atoms with Gasteiger partial charge in [-0.25, -0.2) is 4.98 Å². The van der Waals surface area contributed by atoms with Gasteiger partial charge in [0, 0.05) is 38.5 Å². The number of likely N-dealkylation sites (tertiary alicyclic amines) is 1. The summed E-state index contributed by atoms with van der Waals surface area (Å²) in [4.78, 5) is 10.2. The minimum Gasteiger partial charge on any atom is -0.356 e. The molecule has 1 aromatic carbocycles. The fourth-order valence-corrected chi connectivity index (χ4v) is 3.91. The van der Waals surface area contributed by atoms with Crippen molar-refractivity contribution in [1.82, 2.24) is 15.2 Å². The molecule has 9 heteroatoms. The summed E-state index contributed by atoms with van der Waals surface area (Å²) in [5.41, 5.74) is 1.82. The van der Waals surface area contributed by atoms with Gasteiger partial charge in [0.25, 0.3) is 0 Å². The number of thiazole rings is 1. The van der Waals surface area contributed by atoms with Crippen molar-refractivity contribution < 1.29 is 13.2 Å². The molecule has 3 rings (SSSR count). The summed E-state index contributed by atoms with van der Waals surface area (Å²) >= 11 is 1.04. The number of piperidine rings is 1. The molecule has 0 saturated carbocycles. The van der Waals surface area contributed by atoms with Gasteiger partial charge in [-0.15, -0.1) is 35.3 Å². The summed E-state index contributed by atoms with van der Waals surface area (Å²) in [6.07, 6.45) is 0.242. The van der Waals surface area contributed by atoms with Crippen LogP contribution in [-0.2, 0) is 12.6 Å². The van der Waals surface area contributed by atoms with Gasteiger partial charge in [0.05, 0.1) is 5.01 Å². The lowest BCUT2D eigenvalue weighted by molar-refractivity contribution is -0.140. The minimum atomic E-state index is -4.38. The van der Waals surface area contributed by atoms with Crippen molar-refractivity contribution in [2.45, 2.75) is 25.4 Å². The first-order valence-corrected chi connectivity index (χ1v) is 10.1. The number of alkyl halides is 3. The van der Waals surface area contributed by atoms with Crippen molar-refractivity contribution in [2.24, 2.45) is 4.99 Å². The molecule has 1 aliphatic heterocycles. The molecule has 1 aliphatic rings. The van der Waals surface area contributed by atoms with Gasteiger partial charge in [0.2, 0.25) is 0 Å². The summed E-state index contributed by atoms with van der Waals surface area (Å²) in [6, 6.07) is 10.3. The van der Waals surface area contributed by atoms with Crippen LogP contribution in [0.4, 0.5) is 13.2 Å². The lowest BCUT2D eigenvalue weighted by atomic mass is 10.0. The largest absolute Gasteiger partial charge is 0.434 e. The average molecular weight is 536 g/mol. The molecule has 29 heavy (non-hydrogen) atoms. The highest BCUT2D eigenvalue weighted by molar-refractivity contribution is 14.0. The Bertz CT molecular complexity index is 824. The number of rotatable bonds is 4. The van der Waals surface area contributed by atoms with E-state index in [4.69, 9.17) is 0 Å². The number of guanidine groups is 1. The number of halogens is 4. The quantitative estimate of drug-likeness (QED) is 0.337. The van der Waals surface area contributed by atoms with Gasteiger partial charge in [0.1, 0.15) is 0 Å². The van der Waals surface area contributed by atoms with Gasteiger partial charge in [-0.05, 0) is 18.4 Å². The molecule has 0 aliphatic carbocycles. The molecule has 0 spiro atoms. The molecule has 158 valence electrons. The first kappa shape index (κ1) is 23.7.